The van der Waals surface area contributed by atoms with E-state index >= 15 is 0 Å². The lowest BCUT2D eigenvalue weighted by molar-refractivity contribution is -0.917. The molecule has 2 aliphatic rings. The molecule has 148 valence electrons. The fourth-order valence-corrected chi connectivity index (χ4v) is 3.84. The molecule has 1 N–H and O–H groups in total. The first-order chi connectivity index (χ1) is 13.4. The summed E-state index contributed by atoms with van der Waals surface area (Å²) in [6.45, 7) is 11.3. The Morgan fingerprint density at radius 3 is 2.36 bits per heavy atom. The normalized spacial score (nSPS) is 17.0. The molecule has 2 aliphatic heterocycles. The number of carbonyl (C=O) groups excluding carboxylic acids is 1. The molecular weight excluding hydrogens is 352 g/mol. The molecule has 5 heteroatoms. The quantitative estimate of drug-likeness (QED) is 0.887. The zero-order valence-corrected chi connectivity index (χ0v) is 17.0. The molecule has 0 spiro atoms. The van der Waals surface area contributed by atoms with Gasteiger partial charge in [-0.2, -0.15) is 0 Å². The van der Waals surface area contributed by atoms with Crippen molar-refractivity contribution in [2.24, 2.45) is 0 Å². The lowest BCUT2D eigenvalue weighted by atomic mass is 9.86. The minimum Gasteiger partial charge on any atom is -0.454 e. The van der Waals surface area contributed by atoms with Gasteiger partial charge in [0, 0.05) is 11.1 Å². The second-order valence-electron chi connectivity index (χ2n) is 8.73. The van der Waals surface area contributed by atoms with Crippen molar-refractivity contribution in [2.45, 2.75) is 32.7 Å². The van der Waals surface area contributed by atoms with E-state index in [4.69, 9.17) is 9.47 Å². The molecule has 5 nitrogen and oxygen atoms in total. The van der Waals surface area contributed by atoms with Crippen LogP contribution in [-0.4, -0.2) is 43.8 Å². The van der Waals surface area contributed by atoms with E-state index in [1.165, 1.54) is 16.0 Å². The van der Waals surface area contributed by atoms with Crippen molar-refractivity contribution in [3.8, 4) is 11.5 Å². The molecule has 1 fully saturated rings. The number of piperazine rings is 1. The van der Waals surface area contributed by atoms with Crippen LogP contribution in [-0.2, 0) is 12.0 Å². The fraction of sp³-hybridized carbons (Fsp3) is 0.435. The van der Waals surface area contributed by atoms with Crippen molar-refractivity contribution in [1.82, 2.24) is 4.90 Å². The van der Waals surface area contributed by atoms with Crippen LogP contribution in [0.25, 0.3) is 0 Å². The molecule has 0 bridgehead atoms. The third kappa shape index (κ3) is 3.99. The van der Waals surface area contributed by atoms with Crippen LogP contribution in [0.3, 0.4) is 0 Å². The molecule has 1 saturated heterocycles. The van der Waals surface area contributed by atoms with Crippen LogP contribution >= 0.6 is 0 Å². The number of benzene rings is 2. The van der Waals surface area contributed by atoms with Gasteiger partial charge in [-0.05, 0) is 41.3 Å². The number of ether oxygens (including phenoxy) is 2. The van der Waals surface area contributed by atoms with Crippen LogP contribution in [0.4, 0.5) is 0 Å². The second kappa shape index (κ2) is 7.47. The van der Waals surface area contributed by atoms with Gasteiger partial charge in [0.15, 0.2) is 11.5 Å². The molecule has 2 heterocycles. The first kappa shape index (κ1) is 18.8. The van der Waals surface area contributed by atoms with Gasteiger partial charge in [-0.25, -0.2) is 0 Å². The van der Waals surface area contributed by atoms with Gasteiger partial charge in [0.2, 0.25) is 6.79 Å². The minimum atomic E-state index is 0.102. The Hall–Kier alpha value is -2.53. The number of rotatable bonds is 3. The number of nitrogens with one attached hydrogen (secondary N) is 1. The topological polar surface area (TPSA) is 43.2 Å². The Morgan fingerprint density at radius 2 is 1.68 bits per heavy atom. The van der Waals surface area contributed by atoms with Gasteiger partial charge in [0.1, 0.15) is 6.54 Å². The lowest BCUT2D eigenvalue weighted by Gasteiger charge is -2.32. The highest BCUT2D eigenvalue weighted by atomic mass is 16.7. The fourth-order valence-electron chi connectivity index (χ4n) is 3.84. The monoisotopic (exact) mass is 381 g/mol. The summed E-state index contributed by atoms with van der Waals surface area (Å²) >= 11 is 0. The highest BCUT2D eigenvalue weighted by Gasteiger charge is 2.25. The smallest absolute Gasteiger partial charge is 0.254 e. The van der Waals surface area contributed by atoms with Crippen molar-refractivity contribution in [3.63, 3.8) is 0 Å². The molecule has 1 amide bonds. The maximum absolute atomic E-state index is 12.8. The van der Waals surface area contributed by atoms with Crippen LogP contribution in [0.1, 0.15) is 42.3 Å². The molecule has 4 rings (SSSR count). The van der Waals surface area contributed by atoms with Crippen LogP contribution in [0.15, 0.2) is 42.5 Å². The molecular formula is C23H29N2O3+. The summed E-state index contributed by atoms with van der Waals surface area (Å²) in [4.78, 5) is 16.3. The van der Waals surface area contributed by atoms with E-state index in [0.29, 0.717) is 6.79 Å². The van der Waals surface area contributed by atoms with Gasteiger partial charge >= 0.3 is 0 Å². The molecule has 0 aromatic heterocycles. The molecule has 0 unspecified atom stereocenters. The summed E-state index contributed by atoms with van der Waals surface area (Å²) in [5, 5.41) is 0. The van der Waals surface area contributed by atoms with E-state index < -0.39 is 0 Å². The third-order valence-electron chi connectivity index (χ3n) is 5.65. The van der Waals surface area contributed by atoms with Crippen molar-refractivity contribution >= 4 is 5.91 Å². The number of quaternary nitrogens is 1. The maximum Gasteiger partial charge on any atom is 0.254 e. The Balaban J connectivity index is 1.33. The zero-order chi connectivity index (χ0) is 19.7. The molecule has 28 heavy (non-hydrogen) atoms. The highest BCUT2D eigenvalue weighted by molar-refractivity contribution is 5.94. The van der Waals surface area contributed by atoms with Crippen molar-refractivity contribution in [2.75, 3.05) is 33.0 Å². The number of hydrogen-bond donors (Lipinski definition) is 1. The highest BCUT2D eigenvalue weighted by Crippen LogP contribution is 2.32. The number of fused-ring (bicyclic) bond motifs is 1. The maximum atomic E-state index is 12.8. The third-order valence-corrected chi connectivity index (χ3v) is 5.65. The molecule has 0 atom stereocenters. The van der Waals surface area contributed by atoms with Gasteiger partial charge < -0.3 is 19.3 Å². The van der Waals surface area contributed by atoms with Crippen LogP contribution in [0.2, 0.25) is 0 Å². The van der Waals surface area contributed by atoms with E-state index in [2.05, 4.69) is 45.0 Å². The number of amides is 1. The Morgan fingerprint density at radius 1 is 1.00 bits per heavy atom. The van der Waals surface area contributed by atoms with Gasteiger partial charge in [-0.15, -0.1) is 0 Å². The van der Waals surface area contributed by atoms with Crippen molar-refractivity contribution < 1.29 is 19.2 Å². The average Bonchev–Trinajstić information content (AvgIpc) is 3.15. The number of hydrogen-bond acceptors (Lipinski definition) is 3. The Labute approximate surface area is 166 Å². The Bertz CT molecular complexity index is 847. The van der Waals surface area contributed by atoms with Gasteiger partial charge in [0.05, 0.1) is 26.2 Å². The number of nitrogens with zero attached hydrogens (tertiary/aromatic N) is 1. The Kier molecular flexibility index (Phi) is 5.02. The number of carbonyl (C=O) groups is 1. The SMILES string of the molecule is CC(C)(C)c1ccc(C(=O)N2CC[NH+](Cc3ccc4c(c3)OCO4)CC2)cc1. The zero-order valence-electron chi connectivity index (χ0n) is 17.0. The molecule has 2 aromatic carbocycles. The van der Waals surface area contributed by atoms with E-state index in [0.717, 1.165) is 49.8 Å². The van der Waals surface area contributed by atoms with E-state index in [1.807, 2.05) is 23.1 Å². The van der Waals surface area contributed by atoms with Gasteiger partial charge in [-0.1, -0.05) is 32.9 Å². The van der Waals surface area contributed by atoms with Crippen LogP contribution < -0.4 is 14.4 Å². The summed E-state index contributed by atoms with van der Waals surface area (Å²) in [5.74, 6) is 1.80. The van der Waals surface area contributed by atoms with E-state index in [9.17, 15) is 4.79 Å². The van der Waals surface area contributed by atoms with Crippen molar-refractivity contribution in [3.05, 3.63) is 59.2 Å². The second-order valence-corrected chi connectivity index (χ2v) is 8.73. The first-order valence-electron chi connectivity index (χ1n) is 10.0. The summed E-state index contributed by atoms with van der Waals surface area (Å²) in [7, 11) is 0. The molecule has 0 radical (unpaired) electrons. The van der Waals surface area contributed by atoms with Crippen molar-refractivity contribution in [1.29, 1.82) is 0 Å². The largest absolute Gasteiger partial charge is 0.454 e. The van der Waals surface area contributed by atoms with Gasteiger partial charge in [-0.3, -0.25) is 4.79 Å². The predicted molar refractivity (Wildman–Crippen MR) is 108 cm³/mol. The summed E-state index contributed by atoms with van der Waals surface area (Å²) < 4.78 is 10.8. The first-order valence-corrected chi connectivity index (χ1v) is 10.0. The van der Waals surface area contributed by atoms with Gasteiger partial charge in [0.25, 0.3) is 5.91 Å². The minimum absolute atomic E-state index is 0.102. The van der Waals surface area contributed by atoms with E-state index in [1.54, 1.807) is 0 Å². The van der Waals surface area contributed by atoms with Crippen LogP contribution in [0, 0.1) is 0 Å². The molecule has 0 aliphatic carbocycles. The summed E-state index contributed by atoms with van der Waals surface area (Å²) in [6, 6.07) is 14.3. The molecule has 0 saturated carbocycles. The summed E-state index contributed by atoms with van der Waals surface area (Å²) in [5.41, 5.74) is 3.39. The summed E-state index contributed by atoms with van der Waals surface area (Å²) in [6.07, 6.45) is 0. The molecule has 2 aromatic rings. The van der Waals surface area contributed by atoms with E-state index in [-0.39, 0.29) is 11.3 Å². The van der Waals surface area contributed by atoms with Crippen LogP contribution in [0.5, 0.6) is 11.5 Å². The standard InChI is InChI=1S/C23H28N2O3/c1-23(2,3)19-7-5-18(6-8-19)22(26)25-12-10-24(11-13-25)15-17-4-9-20-21(14-17)28-16-27-20/h4-9,14H,10-13,15-16H2,1-3H3/p+1. The predicted octanol–water partition coefficient (Wildman–Crippen LogP) is 2.25. The average molecular weight is 381 g/mol. The lowest BCUT2D eigenvalue weighted by Crippen LogP contribution is -3.13.